The van der Waals surface area contributed by atoms with Crippen molar-refractivity contribution in [1.29, 1.82) is 0 Å². The number of carbonyl (C=O) groups excluding carboxylic acids is 2. The topological polar surface area (TPSA) is 96.9 Å². The number of hydrogen-bond donors (Lipinski definition) is 0. The van der Waals surface area contributed by atoms with Crippen LogP contribution in [0, 0.1) is 5.92 Å². The lowest BCUT2D eigenvalue weighted by molar-refractivity contribution is -0.153. The number of amides is 1. The Morgan fingerprint density at radius 3 is 2.23 bits per heavy atom. The third-order valence-corrected chi connectivity index (χ3v) is 7.83. The van der Waals surface area contributed by atoms with E-state index in [4.69, 9.17) is 4.74 Å². The number of hydrogen-bond acceptors (Lipinski definition) is 6. The Morgan fingerprint density at radius 1 is 0.943 bits per heavy atom. The fraction of sp³-hybridized carbons (Fsp3) is 0.269. The summed E-state index contributed by atoms with van der Waals surface area (Å²) >= 11 is 0. The maximum atomic E-state index is 13.0. The Morgan fingerprint density at radius 2 is 1.60 bits per heavy atom. The molecular formula is C26H27N3O5S. The first kappa shape index (κ1) is 24.6. The summed E-state index contributed by atoms with van der Waals surface area (Å²) in [7, 11) is -3.65. The van der Waals surface area contributed by atoms with Gasteiger partial charge >= 0.3 is 5.97 Å². The van der Waals surface area contributed by atoms with Crippen molar-refractivity contribution in [1.82, 2.24) is 9.29 Å². The zero-order valence-electron chi connectivity index (χ0n) is 19.2. The van der Waals surface area contributed by atoms with Gasteiger partial charge in [0, 0.05) is 31.2 Å². The molecular weight excluding hydrogens is 466 g/mol. The number of rotatable bonds is 8. The van der Waals surface area contributed by atoms with Gasteiger partial charge in [-0.2, -0.15) is 4.31 Å². The number of aromatic nitrogens is 1. The molecule has 4 rings (SSSR count). The maximum Gasteiger partial charge on any atom is 0.309 e. The van der Waals surface area contributed by atoms with E-state index >= 15 is 0 Å². The van der Waals surface area contributed by atoms with E-state index < -0.39 is 21.9 Å². The average molecular weight is 494 g/mol. The van der Waals surface area contributed by atoms with Gasteiger partial charge in [-0.05, 0) is 42.7 Å². The van der Waals surface area contributed by atoms with E-state index in [0.717, 1.165) is 5.56 Å². The van der Waals surface area contributed by atoms with Crippen LogP contribution in [0.1, 0.15) is 18.4 Å². The molecule has 1 saturated heterocycles. The van der Waals surface area contributed by atoms with Crippen LogP contribution in [0.4, 0.5) is 5.69 Å². The lowest BCUT2D eigenvalue weighted by Gasteiger charge is -2.30. The van der Waals surface area contributed by atoms with Gasteiger partial charge in [-0.15, -0.1) is 0 Å². The van der Waals surface area contributed by atoms with Crippen LogP contribution < -0.4 is 4.90 Å². The summed E-state index contributed by atoms with van der Waals surface area (Å²) in [6.45, 7) is 0.380. The average Bonchev–Trinajstić information content (AvgIpc) is 2.92. The molecule has 0 spiro atoms. The molecule has 35 heavy (non-hydrogen) atoms. The molecule has 1 fully saturated rings. The highest BCUT2D eigenvalue weighted by atomic mass is 32.2. The van der Waals surface area contributed by atoms with Crippen LogP contribution in [-0.4, -0.2) is 49.3 Å². The zero-order valence-corrected chi connectivity index (χ0v) is 20.0. The highest BCUT2D eigenvalue weighted by Gasteiger charge is 2.33. The van der Waals surface area contributed by atoms with Gasteiger partial charge in [0.05, 0.1) is 12.5 Å². The van der Waals surface area contributed by atoms with Crippen LogP contribution in [0.2, 0.25) is 0 Å². The maximum absolute atomic E-state index is 13.0. The fourth-order valence-corrected chi connectivity index (χ4v) is 5.44. The number of para-hydroxylation sites is 1. The van der Waals surface area contributed by atoms with Crippen LogP contribution in [-0.2, 0) is 30.9 Å². The normalized spacial score (nSPS) is 14.9. The van der Waals surface area contributed by atoms with Crippen molar-refractivity contribution in [2.24, 2.45) is 5.92 Å². The molecule has 182 valence electrons. The van der Waals surface area contributed by atoms with Crippen LogP contribution in [0.25, 0.3) is 0 Å². The van der Waals surface area contributed by atoms with Crippen LogP contribution in [0.5, 0.6) is 0 Å². The Balaban J connectivity index is 1.34. The first-order valence-electron chi connectivity index (χ1n) is 11.4. The van der Waals surface area contributed by atoms with Gasteiger partial charge in [0.1, 0.15) is 4.90 Å². The summed E-state index contributed by atoms with van der Waals surface area (Å²) in [5, 5.41) is 0. The summed E-state index contributed by atoms with van der Waals surface area (Å²) < 4.78 is 32.3. The molecule has 1 amide bonds. The van der Waals surface area contributed by atoms with Crippen molar-refractivity contribution in [2.45, 2.75) is 24.3 Å². The fourth-order valence-electron chi connectivity index (χ4n) is 4.01. The molecule has 0 bridgehead atoms. The van der Waals surface area contributed by atoms with Gasteiger partial charge < -0.3 is 9.64 Å². The van der Waals surface area contributed by atoms with Gasteiger partial charge in [0.25, 0.3) is 5.91 Å². The number of sulfonamides is 1. The largest absolute Gasteiger partial charge is 0.455 e. The second-order valence-electron chi connectivity index (χ2n) is 8.28. The number of pyridine rings is 1. The van der Waals surface area contributed by atoms with Gasteiger partial charge in [-0.25, -0.2) is 8.42 Å². The number of ether oxygens (including phenoxy) is 1. The molecule has 1 aromatic heterocycles. The van der Waals surface area contributed by atoms with Gasteiger partial charge in [-0.1, -0.05) is 48.5 Å². The molecule has 0 N–H and O–H groups in total. The van der Waals surface area contributed by atoms with Crippen molar-refractivity contribution >= 4 is 27.6 Å². The molecule has 0 atom stereocenters. The molecule has 3 aromatic rings. The predicted molar refractivity (Wildman–Crippen MR) is 131 cm³/mol. The molecule has 2 heterocycles. The Bertz CT molecular complexity index is 1230. The first-order valence-corrected chi connectivity index (χ1v) is 12.9. The highest BCUT2D eigenvalue weighted by Crippen LogP contribution is 2.24. The minimum atomic E-state index is -3.65. The lowest BCUT2D eigenvalue weighted by atomic mass is 9.98. The number of benzene rings is 2. The van der Waals surface area contributed by atoms with E-state index in [0.29, 0.717) is 25.1 Å². The monoisotopic (exact) mass is 493 g/mol. The second-order valence-corrected chi connectivity index (χ2v) is 10.2. The number of carbonyl (C=O) groups is 2. The SMILES string of the molecule is O=C(OCC(=O)N(Cc1ccccc1)c1ccccc1)C1CCN(S(=O)(=O)c2cccnc2)CC1. The first-order chi connectivity index (χ1) is 16.9. The molecule has 0 saturated carbocycles. The molecule has 1 aliphatic heterocycles. The quantitative estimate of drug-likeness (QED) is 0.447. The van der Waals surface area contributed by atoms with Gasteiger partial charge in [0.2, 0.25) is 10.0 Å². The Labute approximate surface area is 205 Å². The standard InChI is InChI=1S/C26H27N3O5S/c30-25(29(23-10-5-2-6-11-23)19-21-8-3-1-4-9-21)20-34-26(31)22-13-16-28(17-14-22)35(32,33)24-12-7-15-27-18-24/h1-12,15,18,22H,13-14,16-17,19-20H2. The summed E-state index contributed by atoms with van der Waals surface area (Å²) in [6, 6.07) is 21.9. The number of esters is 1. The highest BCUT2D eigenvalue weighted by molar-refractivity contribution is 7.89. The van der Waals surface area contributed by atoms with Crippen molar-refractivity contribution in [3.8, 4) is 0 Å². The number of anilines is 1. The lowest BCUT2D eigenvalue weighted by Crippen LogP contribution is -2.41. The molecule has 0 aliphatic carbocycles. The molecule has 9 heteroatoms. The predicted octanol–water partition coefficient (Wildman–Crippen LogP) is 3.26. The van der Waals surface area contributed by atoms with E-state index in [1.54, 1.807) is 11.0 Å². The van der Waals surface area contributed by atoms with Crippen molar-refractivity contribution in [2.75, 3.05) is 24.6 Å². The van der Waals surface area contributed by atoms with E-state index in [1.165, 1.54) is 22.8 Å². The van der Waals surface area contributed by atoms with E-state index in [9.17, 15) is 18.0 Å². The number of nitrogens with zero attached hydrogens (tertiary/aromatic N) is 3. The third-order valence-electron chi connectivity index (χ3n) is 5.95. The summed E-state index contributed by atoms with van der Waals surface area (Å²) in [5.41, 5.74) is 1.67. The smallest absolute Gasteiger partial charge is 0.309 e. The minimum Gasteiger partial charge on any atom is -0.455 e. The van der Waals surface area contributed by atoms with Crippen LogP contribution in [0.3, 0.4) is 0 Å². The van der Waals surface area contributed by atoms with E-state index in [1.807, 2.05) is 60.7 Å². The van der Waals surface area contributed by atoms with Crippen LogP contribution >= 0.6 is 0 Å². The Kier molecular flexibility index (Phi) is 7.89. The molecule has 0 radical (unpaired) electrons. The molecule has 0 unspecified atom stereocenters. The van der Waals surface area contributed by atoms with Crippen molar-refractivity contribution in [3.63, 3.8) is 0 Å². The molecule has 8 nitrogen and oxygen atoms in total. The minimum absolute atomic E-state index is 0.131. The second kappa shape index (κ2) is 11.2. The number of piperidine rings is 1. The summed E-state index contributed by atoms with van der Waals surface area (Å²) in [5.74, 6) is -1.27. The van der Waals surface area contributed by atoms with Crippen molar-refractivity contribution < 1.29 is 22.7 Å². The molecule has 1 aliphatic rings. The van der Waals surface area contributed by atoms with Crippen molar-refractivity contribution in [3.05, 3.63) is 90.8 Å². The summed E-state index contributed by atoms with van der Waals surface area (Å²) in [4.78, 5) is 31.3. The van der Waals surface area contributed by atoms with Crippen LogP contribution in [0.15, 0.2) is 90.1 Å². The zero-order chi connectivity index (χ0) is 24.7. The van der Waals surface area contributed by atoms with Gasteiger partial charge in [0.15, 0.2) is 6.61 Å². The third kappa shape index (κ3) is 6.12. The van der Waals surface area contributed by atoms with E-state index in [2.05, 4.69) is 4.98 Å². The molecule has 2 aromatic carbocycles. The summed E-state index contributed by atoms with van der Waals surface area (Å²) in [6.07, 6.45) is 3.49. The Hall–Kier alpha value is -3.56. The van der Waals surface area contributed by atoms with E-state index in [-0.39, 0.29) is 30.5 Å². The van der Waals surface area contributed by atoms with Gasteiger partial charge in [-0.3, -0.25) is 14.6 Å².